The molecule has 0 aromatic heterocycles. The van der Waals surface area contributed by atoms with Crippen LogP contribution in [-0.4, -0.2) is 31.2 Å². The van der Waals surface area contributed by atoms with Crippen LogP contribution in [0.2, 0.25) is 0 Å². The molecule has 0 radical (unpaired) electrons. The second-order valence-corrected chi connectivity index (χ2v) is 4.77. The third-order valence-corrected chi connectivity index (χ3v) is 3.46. The largest absolute Gasteiger partial charge is 0.507 e. The number of carbonyl (C=O) groups is 1. The molecule has 4 N–H and O–H groups in total. The summed E-state index contributed by atoms with van der Waals surface area (Å²) in [5, 5.41) is 12.5. The van der Waals surface area contributed by atoms with E-state index in [0.717, 1.165) is 12.8 Å². The molecule has 2 rings (SSSR count). The molecule has 1 aliphatic carbocycles. The number of rotatable bonds is 5. The minimum absolute atomic E-state index is 0.0792. The van der Waals surface area contributed by atoms with Crippen LogP contribution in [-0.2, 0) is 0 Å². The van der Waals surface area contributed by atoms with E-state index in [1.165, 1.54) is 13.2 Å². The van der Waals surface area contributed by atoms with Crippen molar-refractivity contribution in [2.24, 2.45) is 11.1 Å². The number of benzene rings is 1. The van der Waals surface area contributed by atoms with Crippen molar-refractivity contribution in [1.82, 2.24) is 5.32 Å². The summed E-state index contributed by atoms with van der Waals surface area (Å²) < 4.78 is 4.96. The zero-order valence-electron chi connectivity index (χ0n) is 10.4. The fourth-order valence-corrected chi connectivity index (χ4v) is 1.82. The van der Waals surface area contributed by atoms with Crippen molar-refractivity contribution in [2.45, 2.75) is 12.8 Å². The topological polar surface area (TPSA) is 84.6 Å². The van der Waals surface area contributed by atoms with Crippen LogP contribution in [0.5, 0.6) is 11.5 Å². The van der Waals surface area contributed by atoms with Crippen molar-refractivity contribution < 1.29 is 14.6 Å². The van der Waals surface area contributed by atoms with Crippen LogP contribution in [0, 0.1) is 5.41 Å². The van der Waals surface area contributed by atoms with Gasteiger partial charge in [0, 0.05) is 18.0 Å². The molecule has 5 heteroatoms. The Morgan fingerprint density at radius 1 is 1.56 bits per heavy atom. The van der Waals surface area contributed by atoms with Gasteiger partial charge in [0.05, 0.1) is 12.7 Å². The van der Waals surface area contributed by atoms with Gasteiger partial charge >= 0.3 is 0 Å². The molecule has 0 spiro atoms. The average Bonchev–Trinajstić information content (AvgIpc) is 3.16. The van der Waals surface area contributed by atoms with Gasteiger partial charge in [0.1, 0.15) is 11.5 Å². The van der Waals surface area contributed by atoms with Gasteiger partial charge in [-0.05, 0) is 31.5 Å². The molecule has 0 saturated heterocycles. The van der Waals surface area contributed by atoms with Crippen molar-refractivity contribution in [1.29, 1.82) is 0 Å². The standard InChI is InChI=1S/C13H18N2O3/c1-18-9-2-3-10(11(16)6-9)12(17)15-8-13(7-14)4-5-13/h2-3,6,16H,4-5,7-8,14H2,1H3,(H,15,17). The Bertz CT molecular complexity index is 456. The normalized spacial score (nSPS) is 16.1. The highest BCUT2D eigenvalue weighted by Crippen LogP contribution is 2.43. The maximum absolute atomic E-state index is 11.9. The van der Waals surface area contributed by atoms with Crippen molar-refractivity contribution in [3.63, 3.8) is 0 Å². The Labute approximate surface area is 106 Å². The van der Waals surface area contributed by atoms with E-state index in [1.54, 1.807) is 12.1 Å². The molecular formula is C13H18N2O3. The lowest BCUT2D eigenvalue weighted by molar-refractivity contribution is 0.0942. The monoisotopic (exact) mass is 250 g/mol. The summed E-state index contributed by atoms with van der Waals surface area (Å²) in [4.78, 5) is 11.9. The molecule has 0 heterocycles. The summed E-state index contributed by atoms with van der Waals surface area (Å²) in [5.41, 5.74) is 5.98. The summed E-state index contributed by atoms with van der Waals surface area (Å²) in [6, 6.07) is 4.61. The van der Waals surface area contributed by atoms with E-state index in [-0.39, 0.29) is 22.6 Å². The highest BCUT2D eigenvalue weighted by Gasteiger charge is 2.41. The second-order valence-electron chi connectivity index (χ2n) is 4.77. The minimum atomic E-state index is -0.283. The van der Waals surface area contributed by atoms with E-state index in [4.69, 9.17) is 10.5 Å². The van der Waals surface area contributed by atoms with Gasteiger partial charge in [-0.3, -0.25) is 4.79 Å². The predicted octanol–water partition coefficient (Wildman–Crippen LogP) is 0.869. The minimum Gasteiger partial charge on any atom is -0.507 e. The molecule has 98 valence electrons. The zero-order chi connectivity index (χ0) is 13.2. The third kappa shape index (κ3) is 2.56. The Morgan fingerprint density at radius 3 is 2.78 bits per heavy atom. The van der Waals surface area contributed by atoms with Gasteiger partial charge in [-0.15, -0.1) is 0 Å². The summed E-state index contributed by atoms with van der Waals surface area (Å²) in [5.74, 6) is 0.156. The number of nitrogens with two attached hydrogens (primary N) is 1. The van der Waals surface area contributed by atoms with Gasteiger partial charge in [-0.1, -0.05) is 0 Å². The number of phenolic OH excluding ortho intramolecular Hbond substituents is 1. The van der Waals surface area contributed by atoms with Crippen molar-refractivity contribution in [3.8, 4) is 11.5 Å². The number of nitrogens with one attached hydrogen (secondary N) is 1. The van der Waals surface area contributed by atoms with E-state index in [9.17, 15) is 9.90 Å². The zero-order valence-corrected chi connectivity index (χ0v) is 10.4. The van der Waals surface area contributed by atoms with E-state index in [0.29, 0.717) is 18.8 Å². The van der Waals surface area contributed by atoms with Crippen LogP contribution in [0.4, 0.5) is 0 Å². The van der Waals surface area contributed by atoms with Crippen molar-refractivity contribution in [3.05, 3.63) is 23.8 Å². The van der Waals surface area contributed by atoms with E-state index in [1.807, 2.05) is 0 Å². The van der Waals surface area contributed by atoms with Gasteiger partial charge in [0.25, 0.3) is 5.91 Å². The molecular weight excluding hydrogens is 232 g/mol. The molecule has 0 aliphatic heterocycles. The summed E-state index contributed by atoms with van der Waals surface area (Å²) in [6.07, 6.45) is 2.11. The summed E-state index contributed by atoms with van der Waals surface area (Å²) >= 11 is 0. The number of methoxy groups -OCH3 is 1. The van der Waals surface area contributed by atoms with Gasteiger partial charge < -0.3 is 20.9 Å². The molecule has 0 unspecified atom stereocenters. The Hall–Kier alpha value is -1.75. The van der Waals surface area contributed by atoms with E-state index < -0.39 is 0 Å². The lowest BCUT2D eigenvalue weighted by Crippen LogP contribution is -2.33. The molecule has 1 aliphatic rings. The number of amides is 1. The SMILES string of the molecule is COc1ccc(C(=O)NCC2(CN)CC2)c(O)c1. The number of carbonyl (C=O) groups excluding carboxylic acids is 1. The van der Waals surface area contributed by atoms with E-state index in [2.05, 4.69) is 5.32 Å². The summed E-state index contributed by atoms with van der Waals surface area (Å²) in [6.45, 7) is 1.15. The first-order chi connectivity index (χ1) is 8.60. The first-order valence-electron chi connectivity index (χ1n) is 5.95. The van der Waals surface area contributed by atoms with Gasteiger partial charge in [-0.25, -0.2) is 0 Å². The Morgan fingerprint density at radius 2 is 2.28 bits per heavy atom. The van der Waals surface area contributed by atoms with Crippen LogP contribution >= 0.6 is 0 Å². The lowest BCUT2D eigenvalue weighted by atomic mass is 10.1. The van der Waals surface area contributed by atoms with Crippen LogP contribution in [0.25, 0.3) is 0 Å². The highest BCUT2D eigenvalue weighted by atomic mass is 16.5. The quantitative estimate of drug-likeness (QED) is 0.724. The van der Waals surface area contributed by atoms with Gasteiger partial charge in [-0.2, -0.15) is 0 Å². The van der Waals surface area contributed by atoms with Gasteiger partial charge in [0.2, 0.25) is 0 Å². The van der Waals surface area contributed by atoms with Crippen LogP contribution in [0.15, 0.2) is 18.2 Å². The molecule has 1 aromatic rings. The molecule has 1 amide bonds. The molecule has 1 saturated carbocycles. The number of aromatic hydroxyl groups is 1. The molecule has 0 bridgehead atoms. The van der Waals surface area contributed by atoms with Crippen molar-refractivity contribution >= 4 is 5.91 Å². The van der Waals surface area contributed by atoms with Crippen molar-refractivity contribution in [2.75, 3.05) is 20.2 Å². The Balaban J connectivity index is 2.00. The van der Waals surface area contributed by atoms with Crippen LogP contribution in [0.1, 0.15) is 23.2 Å². The summed E-state index contributed by atoms with van der Waals surface area (Å²) in [7, 11) is 1.51. The van der Waals surface area contributed by atoms with E-state index >= 15 is 0 Å². The molecule has 1 aromatic carbocycles. The number of phenols is 1. The fraction of sp³-hybridized carbons (Fsp3) is 0.462. The first-order valence-corrected chi connectivity index (χ1v) is 5.95. The fourth-order valence-electron chi connectivity index (χ4n) is 1.82. The third-order valence-electron chi connectivity index (χ3n) is 3.46. The number of hydrogen-bond donors (Lipinski definition) is 3. The smallest absolute Gasteiger partial charge is 0.255 e. The molecule has 5 nitrogen and oxygen atoms in total. The average molecular weight is 250 g/mol. The van der Waals surface area contributed by atoms with Crippen LogP contribution in [0.3, 0.4) is 0 Å². The van der Waals surface area contributed by atoms with Gasteiger partial charge in [0.15, 0.2) is 0 Å². The second kappa shape index (κ2) is 4.86. The molecule has 1 fully saturated rings. The maximum Gasteiger partial charge on any atom is 0.255 e. The first kappa shape index (κ1) is 12.7. The van der Waals surface area contributed by atoms with Crippen LogP contribution < -0.4 is 15.8 Å². The predicted molar refractivity (Wildman–Crippen MR) is 67.7 cm³/mol. The maximum atomic E-state index is 11.9. The number of hydrogen-bond acceptors (Lipinski definition) is 4. The highest BCUT2D eigenvalue weighted by molar-refractivity contribution is 5.97. The lowest BCUT2D eigenvalue weighted by Gasteiger charge is -2.14. The Kier molecular flexibility index (Phi) is 3.43. The molecule has 0 atom stereocenters. The molecule has 18 heavy (non-hydrogen) atoms. The number of ether oxygens (including phenoxy) is 1.